The van der Waals surface area contributed by atoms with E-state index in [1.807, 2.05) is 16.6 Å². The molecule has 0 radical (unpaired) electrons. The van der Waals surface area contributed by atoms with E-state index in [0.29, 0.717) is 5.69 Å². The van der Waals surface area contributed by atoms with Crippen LogP contribution in [-0.4, -0.2) is 27.1 Å². The Bertz CT molecular complexity index is 674. The van der Waals surface area contributed by atoms with Crippen LogP contribution in [-0.2, 0) is 19.9 Å². The number of rotatable bonds is 2. The molecule has 1 fully saturated rings. The fraction of sp³-hybridized carbons (Fsp3) is 0.500. The minimum absolute atomic E-state index is 0.124. The number of thiophene rings is 1. The second-order valence-corrected chi connectivity index (χ2v) is 6.90. The van der Waals surface area contributed by atoms with Gasteiger partial charge in [-0.1, -0.05) is 6.07 Å². The van der Waals surface area contributed by atoms with Crippen molar-refractivity contribution in [3.05, 3.63) is 39.3 Å². The second-order valence-electron chi connectivity index (χ2n) is 5.92. The van der Waals surface area contributed by atoms with Crippen LogP contribution >= 0.6 is 11.3 Å². The third-order valence-electron chi connectivity index (χ3n) is 4.72. The first-order chi connectivity index (χ1) is 10.3. The van der Waals surface area contributed by atoms with Gasteiger partial charge in [0.2, 0.25) is 0 Å². The monoisotopic (exact) mass is 301 g/mol. The van der Waals surface area contributed by atoms with Gasteiger partial charge in [0.1, 0.15) is 0 Å². The van der Waals surface area contributed by atoms with Crippen LogP contribution in [0.25, 0.3) is 0 Å². The lowest BCUT2D eigenvalue weighted by Crippen LogP contribution is -2.45. The lowest BCUT2D eigenvalue weighted by molar-refractivity contribution is 0.0459. The third-order valence-corrected chi connectivity index (χ3v) is 5.69. The molecule has 0 aromatic carbocycles. The first-order valence-electron chi connectivity index (χ1n) is 7.65. The summed E-state index contributed by atoms with van der Waals surface area (Å²) in [4.78, 5) is 16.2. The molecule has 0 bridgehead atoms. The number of nitrogens with zero attached hydrogens (tertiary/aromatic N) is 3. The van der Waals surface area contributed by atoms with Crippen molar-refractivity contribution >= 4 is 17.2 Å². The Morgan fingerprint density at radius 3 is 2.95 bits per heavy atom. The molecule has 0 N–H and O–H groups in total. The van der Waals surface area contributed by atoms with Crippen molar-refractivity contribution < 1.29 is 4.79 Å². The molecule has 2 aliphatic rings. The summed E-state index contributed by atoms with van der Waals surface area (Å²) < 4.78 is 1.92. The molecule has 0 spiro atoms. The van der Waals surface area contributed by atoms with Crippen molar-refractivity contribution in [2.24, 2.45) is 7.05 Å². The molecule has 4 nitrogen and oxygen atoms in total. The molecule has 3 heterocycles. The number of fused-ring (bicyclic) bond motifs is 1. The van der Waals surface area contributed by atoms with Crippen LogP contribution in [0.3, 0.4) is 0 Å². The van der Waals surface area contributed by atoms with Gasteiger partial charge in [0, 0.05) is 29.7 Å². The molecule has 110 valence electrons. The van der Waals surface area contributed by atoms with Crippen molar-refractivity contribution in [2.45, 2.75) is 38.1 Å². The van der Waals surface area contributed by atoms with Gasteiger partial charge < -0.3 is 4.90 Å². The van der Waals surface area contributed by atoms with Gasteiger partial charge in [0.25, 0.3) is 5.91 Å². The predicted octanol–water partition coefficient (Wildman–Crippen LogP) is 2.95. The summed E-state index contributed by atoms with van der Waals surface area (Å²) in [6, 6.07) is 4.45. The fourth-order valence-electron chi connectivity index (χ4n) is 3.49. The summed E-state index contributed by atoms with van der Waals surface area (Å²) in [6.45, 7) is 0.854. The molecule has 1 amide bonds. The maximum absolute atomic E-state index is 12.9. The van der Waals surface area contributed by atoms with Gasteiger partial charge in [-0.2, -0.15) is 5.10 Å². The standard InChI is InChI=1S/C16H19N3OS/c1-18-12-6-3-2-5-11(12)15(17-18)16(20)19-9-8-13(19)14-7-4-10-21-14/h4,7,10,13H,2-3,5-6,8-9H2,1H3. The minimum atomic E-state index is 0.124. The molecule has 0 saturated carbocycles. The first-order valence-corrected chi connectivity index (χ1v) is 8.53. The first kappa shape index (κ1) is 13.1. The molecule has 2 aromatic rings. The highest BCUT2D eigenvalue weighted by molar-refractivity contribution is 7.10. The molecule has 1 saturated heterocycles. The van der Waals surface area contributed by atoms with E-state index in [9.17, 15) is 4.79 Å². The van der Waals surface area contributed by atoms with Crippen LogP contribution in [0.1, 0.15) is 51.9 Å². The highest BCUT2D eigenvalue weighted by atomic mass is 32.1. The number of aryl methyl sites for hydroxylation is 1. The van der Waals surface area contributed by atoms with E-state index in [2.05, 4.69) is 22.6 Å². The van der Waals surface area contributed by atoms with E-state index < -0.39 is 0 Å². The van der Waals surface area contributed by atoms with E-state index in [1.54, 1.807) is 11.3 Å². The topological polar surface area (TPSA) is 38.1 Å². The highest BCUT2D eigenvalue weighted by Gasteiger charge is 2.37. The summed E-state index contributed by atoms with van der Waals surface area (Å²) >= 11 is 1.74. The summed E-state index contributed by atoms with van der Waals surface area (Å²) in [5.41, 5.74) is 3.16. The van der Waals surface area contributed by atoms with Crippen LogP contribution in [0.4, 0.5) is 0 Å². The van der Waals surface area contributed by atoms with Gasteiger partial charge in [0.05, 0.1) is 6.04 Å². The van der Waals surface area contributed by atoms with Crippen LogP contribution in [0.15, 0.2) is 17.5 Å². The van der Waals surface area contributed by atoms with Gasteiger partial charge in [-0.15, -0.1) is 11.3 Å². The lowest BCUT2D eigenvalue weighted by Gasteiger charge is -2.40. The SMILES string of the molecule is Cn1nc(C(=O)N2CCC2c2cccs2)c2c1CCCC2. The average Bonchev–Trinajstić information content (AvgIpc) is 3.07. The summed E-state index contributed by atoms with van der Waals surface area (Å²) in [6.07, 6.45) is 5.51. The Hall–Kier alpha value is -1.62. The van der Waals surface area contributed by atoms with Gasteiger partial charge in [-0.05, 0) is 43.6 Å². The average molecular weight is 301 g/mol. The molecule has 4 rings (SSSR count). The van der Waals surface area contributed by atoms with Gasteiger partial charge in [-0.3, -0.25) is 9.48 Å². The Kier molecular flexibility index (Phi) is 3.10. The Morgan fingerprint density at radius 2 is 2.24 bits per heavy atom. The van der Waals surface area contributed by atoms with E-state index in [-0.39, 0.29) is 11.9 Å². The number of carbonyl (C=O) groups excluding carboxylic acids is 1. The van der Waals surface area contributed by atoms with Gasteiger partial charge in [-0.25, -0.2) is 0 Å². The normalized spacial score (nSPS) is 21.0. The fourth-order valence-corrected chi connectivity index (χ4v) is 4.36. The Morgan fingerprint density at radius 1 is 1.38 bits per heavy atom. The molecular formula is C16H19N3OS. The van der Waals surface area contributed by atoms with Crippen molar-refractivity contribution in [1.29, 1.82) is 0 Å². The van der Waals surface area contributed by atoms with E-state index in [4.69, 9.17) is 0 Å². The Balaban J connectivity index is 1.64. The number of hydrogen-bond donors (Lipinski definition) is 0. The highest BCUT2D eigenvalue weighted by Crippen LogP contribution is 2.37. The number of aromatic nitrogens is 2. The van der Waals surface area contributed by atoms with E-state index >= 15 is 0 Å². The quantitative estimate of drug-likeness (QED) is 0.855. The molecule has 5 heteroatoms. The second kappa shape index (κ2) is 4.98. The molecule has 1 aliphatic carbocycles. The predicted molar refractivity (Wildman–Crippen MR) is 82.6 cm³/mol. The third kappa shape index (κ3) is 2.02. The van der Waals surface area contributed by atoms with E-state index in [1.165, 1.54) is 29.0 Å². The number of hydrogen-bond acceptors (Lipinski definition) is 3. The summed E-state index contributed by atoms with van der Waals surface area (Å²) in [5.74, 6) is 0.124. The maximum Gasteiger partial charge on any atom is 0.275 e. The number of likely N-dealkylation sites (tertiary alicyclic amines) is 1. The van der Waals surface area contributed by atoms with Crippen molar-refractivity contribution in [1.82, 2.24) is 14.7 Å². The van der Waals surface area contributed by atoms with Crippen LogP contribution in [0.2, 0.25) is 0 Å². The minimum Gasteiger partial charge on any atom is -0.329 e. The number of amides is 1. The smallest absolute Gasteiger partial charge is 0.275 e. The van der Waals surface area contributed by atoms with Crippen LogP contribution in [0, 0.1) is 0 Å². The van der Waals surface area contributed by atoms with Crippen LogP contribution in [0.5, 0.6) is 0 Å². The Labute approximate surface area is 128 Å². The lowest BCUT2D eigenvalue weighted by atomic mass is 9.94. The van der Waals surface area contributed by atoms with E-state index in [0.717, 1.165) is 25.8 Å². The van der Waals surface area contributed by atoms with Gasteiger partial charge >= 0.3 is 0 Å². The molecule has 1 atom stereocenters. The van der Waals surface area contributed by atoms with Crippen molar-refractivity contribution in [3.63, 3.8) is 0 Å². The molecule has 21 heavy (non-hydrogen) atoms. The molecule has 1 unspecified atom stereocenters. The summed E-state index contributed by atoms with van der Waals surface area (Å²) in [5, 5.41) is 6.62. The molecule has 1 aliphatic heterocycles. The molecular weight excluding hydrogens is 282 g/mol. The molecule has 2 aromatic heterocycles. The van der Waals surface area contributed by atoms with Crippen LogP contribution < -0.4 is 0 Å². The zero-order valence-electron chi connectivity index (χ0n) is 12.2. The zero-order valence-corrected chi connectivity index (χ0v) is 13.0. The maximum atomic E-state index is 12.9. The van der Waals surface area contributed by atoms with Crippen molar-refractivity contribution in [2.75, 3.05) is 6.54 Å². The van der Waals surface area contributed by atoms with Crippen molar-refractivity contribution in [3.8, 4) is 0 Å². The summed E-state index contributed by atoms with van der Waals surface area (Å²) in [7, 11) is 1.97. The van der Waals surface area contributed by atoms with Gasteiger partial charge in [0.15, 0.2) is 5.69 Å². The number of carbonyl (C=O) groups is 1. The zero-order chi connectivity index (χ0) is 14.4. The largest absolute Gasteiger partial charge is 0.329 e.